The zero-order chi connectivity index (χ0) is 51.4. The minimum Gasteiger partial charge on any atom is -0.517 e. The third kappa shape index (κ3) is 18.4. The van der Waals surface area contributed by atoms with Crippen LogP contribution in [0.3, 0.4) is 0 Å². The summed E-state index contributed by atoms with van der Waals surface area (Å²) in [4.78, 5) is 5.11. The van der Waals surface area contributed by atoms with Crippen LogP contribution in [0.15, 0.2) is 84.9 Å². The predicted octanol–water partition coefficient (Wildman–Crippen LogP) is 18.2. The topological polar surface area (TPSA) is 24.9 Å². The first-order valence-corrected chi connectivity index (χ1v) is 35.2. The fraction of sp³-hybridized carbons (Fsp3) is 0.517. The Morgan fingerprint density at radius 1 is 0.515 bits per heavy atom. The van der Waals surface area contributed by atoms with E-state index in [0.717, 1.165) is 35.5 Å². The first kappa shape index (κ1) is 60.5. The van der Waals surface area contributed by atoms with E-state index in [2.05, 4.69) is 156 Å². The molecule has 10 heteroatoms. The van der Waals surface area contributed by atoms with E-state index in [1.165, 1.54) is 46.5 Å². The number of hydrogen-bond donors (Lipinski definition) is 0. The molecule has 0 aliphatic carbocycles. The van der Waals surface area contributed by atoms with Gasteiger partial charge in [-0.3, -0.25) is 0 Å². The molecule has 0 N–H and O–H groups in total. The normalized spacial score (nSPS) is 16.9. The third-order valence-electron chi connectivity index (χ3n) is 11.8. The molecule has 2 aliphatic heterocycles. The molecule has 0 unspecified atom stereocenters. The van der Waals surface area contributed by atoms with Gasteiger partial charge < -0.3 is 9.80 Å². The van der Waals surface area contributed by atoms with Crippen molar-refractivity contribution in [2.45, 2.75) is 185 Å². The SMILES string of the molecule is CC(C)Oc1ccccc1[CH]=[Ru]([Cl])[Cl].CC(C)Oc1ccccc1[CH]=[Ru]([Cl])[Cl].CC(C)c1cccc(C(C)C)c1N1[CH-]C(C)(C)CC1(C)C.CCc1cccc(CC)c1N1[CH-]C(C)(C)CC1(C)C. The number of nitrogens with zero attached hydrogens (tertiary/aromatic N) is 2. The number of anilines is 2. The maximum Gasteiger partial charge on any atom is 0.0145 e. The van der Waals surface area contributed by atoms with Crippen LogP contribution in [-0.4, -0.2) is 32.5 Å². The van der Waals surface area contributed by atoms with Gasteiger partial charge in [0.2, 0.25) is 0 Å². The number of hydrogen-bond acceptors (Lipinski definition) is 4. The molecular formula is C58H84Cl4N2O2Ru2-2. The van der Waals surface area contributed by atoms with Gasteiger partial charge in [-0.05, 0) is 74.6 Å². The molecule has 0 bridgehead atoms. The summed E-state index contributed by atoms with van der Waals surface area (Å²) >= 11 is -3.54. The molecule has 0 amide bonds. The van der Waals surface area contributed by atoms with Crippen LogP contribution in [0.25, 0.3) is 0 Å². The molecule has 4 aromatic carbocycles. The Balaban J connectivity index is 0.000000244. The molecule has 2 fully saturated rings. The monoisotopic (exact) mass is 1180 g/mol. The minimum atomic E-state index is -1.77. The van der Waals surface area contributed by atoms with Crippen LogP contribution in [-0.2, 0) is 39.9 Å². The van der Waals surface area contributed by atoms with Gasteiger partial charge in [-0.2, -0.15) is 0 Å². The molecule has 68 heavy (non-hydrogen) atoms. The summed E-state index contributed by atoms with van der Waals surface area (Å²) < 4.78 is 15.0. The molecule has 2 heterocycles. The Labute approximate surface area is 441 Å². The van der Waals surface area contributed by atoms with E-state index in [9.17, 15) is 0 Å². The smallest absolute Gasteiger partial charge is 0.0145 e. The van der Waals surface area contributed by atoms with Gasteiger partial charge in [0.15, 0.2) is 0 Å². The summed E-state index contributed by atoms with van der Waals surface area (Å²) in [7, 11) is 23.3. The molecular weight excluding hydrogens is 1100 g/mol. The number of ether oxygens (including phenoxy) is 2. The maximum atomic E-state index is 5.82. The van der Waals surface area contributed by atoms with Gasteiger partial charge >= 0.3 is 196 Å². The molecule has 0 atom stereocenters. The molecule has 0 saturated carbocycles. The van der Waals surface area contributed by atoms with Gasteiger partial charge in [0.25, 0.3) is 0 Å². The number of aryl methyl sites for hydroxylation is 2. The summed E-state index contributed by atoms with van der Waals surface area (Å²) in [6, 6.07) is 29.2. The molecule has 2 aliphatic rings. The zero-order valence-corrected chi connectivity index (χ0v) is 51.0. The Morgan fingerprint density at radius 2 is 0.853 bits per heavy atom. The van der Waals surface area contributed by atoms with Crippen molar-refractivity contribution in [1.82, 2.24) is 0 Å². The molecule has 4 nitrogen and oxygen atoms in total. The van der Waals surface area contributed by atoms with Crippen LogP contribution in [0.2, 0.25) is 0 Å². The summed E-state index contributed by atoms with van der Waals surface area (Å²) in [6.45, 7) is 45.5. The van der Waals surface area contributed by atoms with Crippen LogP contribution in [0, 0.1) is 23.9 Å². The van der Waals surface area contributed by atoms with Gasteiger partial charge in [0.1, 0.15) is 0 Å². The second kappa shape index (κ2) is 26.8. The molecule has 384 valence electrons. The van der Waals surface area contributed by atoms with Gasteiger partial charge in [-0.15, -0.1) is 10.8 Å². The summed E-state index contributed by atoms with van der Waals surface area (Å²) in [6.07, 6.45) is 4.94. The number of benzene rings is 4. The number of rotatable bonds is 12. The fourth-order valence-electron chi connectivity index (χ4n) is 9.61. The van der Waals surface area contributed by atoms with Crippen molar-refractivity contribution in [3.63, 3.8) is 0 Å². The van der Waals surface area contributed by atoms with Crippen LogP contribution < -0.4 is 19.3 Å². The summed E-state index contributed by atoms with van der Waals surface area (Å²) in [5.74, 6) is 2.79. The predicted molar refractivity (Wildman–Crippen MR) is 296 cm³/mol. The zero-order valence-electron chi connectivity index (χ0n) is 44.5. The minimum absolute atomic E-state index is 0.163. The summed E-state index contributed by atoms with van der Waals surface area (Å²) in [5, 5.41) is 0. The van der Waals surface area contributed by atoms with Crippen molar-refractivity contribution in [2.24, 2.45) is 10.8 Å². The molecule has 2 saturated heterocycles. The molecule has 0 aromatic heterocycles. The summed E-state index contributed by atoms with van der Waals surface area (Å²) in [5.41, 5.74) is 11.7. The van der Waals surface area contributed by atoms with Crippen LogP contribution in [0.5, 0.6) is 11.5 Å². The van der Waals surface area contributed by atoms with Gasteiger partial charge in [0, 0.05) is 22.5 Å². The van der Waals surface area contributed by atoms with Gasteiger partial charge in [-0.25, -0.2) is 13.1 Å². The first-order chi connectivity index (χ1) is 31.5. The van der Waals surface area contributed by atoms with Crippen molar-refractivity contribution < 1.29 is 36.5 Å². The van der Waals surface area contributed by atoms with Crippen molar-refractivity contribution in [3.05, 3.63) is 131 Å². The van der Waals surface area contributed by atoms with E-state index in [-0.39, 0.29) is 34.1 Å². The molecule has 6 rings (SSSR count). The molecule has 0 spiro atoms. The largest absolute Gasteiger partial charge is 0.517 e. The second-order valence-corrected chi connectivity index (χ2v) is 33.2. The second-order valence-electron chi connectivity index (χ2n) is 21.7. The van der Waals surface area contributed by atoms with Crippen molar-refractivity contribution in [2.75, 3.05) is 9.80 Å². The van der Waals surface area contributed by atoms with E-state index >= 15 is 0 Å². The third-order valence-corrected chi connectivity index (χ3v) is 15.4. The Bertz CT molecular complexity index is 2160. The standard InChI is InChI=1S/C20H32N.C18H28N.2C10H12O.4ClH.2Ru/c1-14(2)16-10-9-11-17(15(3)4)18(16)21-13-19(5,6)12-20(21,7)8;1-7-14-10-9-11-15(8-2)16(14)19-13-17(3,4)12-18(19,5)6;2*1-8(2)11-10-7-5-4-6-9(10)3;;;;;;/h9-11,13-15H,12H2,1-8H3;9-11,13H,7-8,12H2,1-6H3;2*3-8H,1-2H3;4*1H;;/q2*-1;;;;;;;2*+2/p-4. The molecule has 4 aromatic rings. The van der Waals surface area contributed by atoms with Crippen LogP contribution in [0.4, 0.5) is 11.4 Å². The van der Waals surface area contributed by atoms with Crippen LogP contribution in [0.1, 0.15) is 183 Å². The Hall–Kier alpha value is -1.77. The Morgan fingerprint density at radius 3 is 1.15 bits per heavy atom. The van der Waals surface area contributed by atoms with E-state index in [1.807, 2.05) is 85.4 Å². The van der Waals surface area contributed by atoms with Crippen molar-refractivity contribution in [1.29, 1.82) is 0 Å². The van der Waals surface area contributed by atoms with Gasteiger partial charge in [0.05, 0.1) is 0 Å². The maximum absolute atomic E-state index is 5.82. The van der Waals surface area contributed by atoms with Crippen molar-refractivity contribution >= 4 is 59.4 Å². The van der Waals surface area contributed by atoms with E-state index in [0.29, 0.717) is 11.8 Å². The van der Waals surface area contributed by atoms with Crippen molar-refractivity contribution in [3.8, 4) is 11.5 Å². The van der Waals surface area contributed by atoms with Gasteiger partial charge in [-0.1, -0.05) is 118 Å². The van der Waals surface area contributed by atoms with E-state index < -0.39 is 27.0 Å². The quantitative estimate of drug-likeness (QED) is 0.104. The number of para-hydroxylation sites is 4. The molecule has 0 radical (unpaired) electrons. The average Bonchev–Trinajstić information content (AvgIpc) is 3.60. The fourth-order valence-corrected chi connectivity index (χ4v) is 13.2. The Kier molecular flexibility index (Phi) is 23.8. The van der Waals surface area contributed by atoms with Crippen LogP contribution >= 0.6 is 38.8 Å². The van der Waals surface area contributed by atoms with E-state index in [4.69, 9.17) is 48.2 Å². The van der Waals surface area contributed by atoms with E-state index in [1.54, 1.807) is 0 Å². The first-order valence-electron chi connectivity index (χ1n) is 24.3. The number of halogens is 4. The average molecular weight is 1190 g/mol.